The van der Waals surface area contributed by atoms with E-state index in [1.165, 1.54) is 13.8 Å². The fourth-order valence-electron chi connectivity index (χ4n) is 3.84. The van der Waals surface area contributed by atoms with Gasteiger partial charge in [-0.25, -0.2) is 13.2 Å². The van der Waals surface area contributed by atoms with E-state index in [1.54, 1.807) is 43.3 Å². The van der Waals surface area contributed by atoms with Gasteiger partial charge in [-0.15, -0.1) is 0 Å². The largest absolute Gasteiger partial charge is 0.464 e. The molecule has 2 heterocycles. The van der Waals surface area contributed by atoms with Gasteiger partial charge in [-0.3, -0.25) is 14.5 Å². The predicted octanol–water partition coefficient (Wildman–Crippen LogP) is 0.195. The number of carbonyl (C=O) groups is 3. The molecule has 3 atom stereocenters. The van der Waals surface area contributed by atoms with Gasteiger partial charge in [0.1, 0.15) is 25.2 Å². The van der Waals surface area contributed by atoms with E-state index in [4.69, 9.17) is 9.47 Å². The van der Waals surface area contributed by atoms with Crippen molar-refractivity contribution in [2.45, 2.75) is 36.6 Å². The number of esters is 2. The van der Waals surface area contributed by atoms with E-state index in [0.29, 0.717) is 0 Å². The summed E-state index contributed by atoms with van der Waals surface area (Å²) in [5.74, 6) is -2.88. The number of nitrogens with zero attached hydrogens (tertiary/aromatic N) is 2. The Hall–Kier alpha value is -2.46. The number of amides is 1. The maximum Gasteiger partial charge on any atom is 0.330 e. The van der Waals surface area contributed by atoms with Gasteiger partial charge >= 0.3 is 11.9 Å². The molecule has 2 aliphatic rings. The Morgan fingerprint density at radius 1 is 1.13 bits per heavy atom. The van der Waals surface area contributed by atoms with E-state index in [0.717, 1.165) is 10.5 Å². The number of fused-ring (bicyclic) bond motifs is 1. The molecule has 0 unspecified atom stereocenters. The molecular formula is C20H26N2O7S. The Morgan fingerprint density at radius 2 is 1.77 bits per heavy atom. The van der Waals surface area contributed by atoms with Crippen LogP contribution in [0.3, 0.4) is 0 Å². The SMILES string of the molecule is CN(C)CC(=O)OC[C@@H]1C(=O)N2[C@@H](C(=O)OCc3ccccc3)C(C)(C)S(=O)(=O)[C@H]12. The zero-order valence-corrected chi connectivity index (χ0v) is 18.2. The van der Waals surface area contributed by atoms with Gasteiger partial charge in [0, 0.05) is 0 Å². The molecule has 0 aromatic heterocycles. The summed E-state index contributed by atoms with van der Waals surface area (Å²) in [5.41, 5.74) is 0.752. The van der Waals surface area contributed by atoms with E-state index in [9.17, 15) is 22.8 Å². The van der Waals surface area contributed by atoms with Gasteiger partial charge < -0.3 is 14.4 Å². The number of sulfone groups is 1. The number of ether oxygens (including phenoxy) is 2. The fraction of sp³-hybridized carbons (Fsp3) is 0.550. The van der Waals surface area contributed by atoms with Crippen molar-refractivity contribution in [1.29, 1.82) is 0 Å². The number of likely N-dealkylation sites (N-methyl/N-ethyl adjacent to an activating group) is 1. The molecule has 9 nitrogen and oxygen atoms in total. The number of carbonyl (C=O) groups excluding carboxylic acids is 3. The van der Waals surface area contributed by atoms with Crippen LogP contribution >= 0.6 is 0 Å². The fourth-order valence-corrected chi connectivity index (χ4v) is 6.13. The Balaban J connectivity index is 1.74. The summed E-state index contributed by atoms with van der Waals surface area (Å²) in [6.07, 6.45) is 0. The first-order valence-corrected chi connectivity index (χ1v) is 11.1. The molecule has 3 rings (SSSR count). The molecule has 1 aromatic rings. The molecule has 0 radical (unpaired) electrons. The van der Waals surface area contributed by atoms with E-state index in [-0.39, 0.29) is 19.8 Å². The normalized spacial score (nSPS) is 26.1. The number of rotatable bonds is 7. The summed E-state index contributed by atoms with van der Waals surface area (Å²) >= 11 is 0. The maximum atomic E-state index is 13.1. The van der Waals surface area contributed by atoms with E-state index >= 15 is 0 Å². The van der Waals surface area contributed by atoms with Crippen molar-refractivity contribution >= 4 is 27.7 Å². The number of benzene rings is 1. The van der Waals surface area contributed by atoms with Crippen LogP contribution in [0.2, 0.25) is 0 Å². The third-order valence-electron chi connectivity index (χ3n) is 5.49. The second-order valence-corrected chi connectivity index (χ2v) is 10.9. The minimum absolute atomic E-state index is 0.0158. The van der Waals surface area contributed by atoms with Gasteiger partial charge in [0.25, 0.3) is 0 Å². The maximum absolute atomic E-state index is 13.1. The van der Waals surface area contributed by atoms with Crippen LogP contribution in [0.15, 0.2) is 30.3 Å². The average molecular weight is 439 g/mol. The second-order valence-electron chi connectivity index (χ2n) is 8.31. The van der Waals surface area contributed by atoms with Crippen LogP contribution in [-0.4, -0.2) is 79.5 Å². The number of β-lactam (4-membered cyclic amide) rings is 1. The van der Waals surface area contributed by atoms with Crippen LogP contribution in [0.4, 0.5) is 0 Å². The summed E-state index contributed by atoms with van der Waals surface area (Å²) in [7, 11) is -0.518. The first kappa shape index (κ1) is 22.2. The summed E-state index contributed by atoms with van der Waals surface area (Å²) in [4.78, 5) is 39.9. The van der Waals surface area contributed by atoms with Crippen molar-refractivity contribution in [2.24, 2.45) is 5.92 Å². The molecule has 0 aliphatic carbocycles. The summed E-state index contributed by atoms with van der Waals surface area (Å²) in [5, 5.41) is -1.21. The molecule has 0 spiro atoms. The van der Waals surface area contributed by atoms with Crippen molar-refractivity contribution in [1.82, 2.24) is 9.80 Å². The molecule has 2 aliphatic heterocycles. The Labute approximate surface area is 175 Å². The minimum atomic E-state index is -3.89. The lowest BCUT2D eigenvalue weighted by Gasteiger charge is -2.42. The van der Waals surface area contributed by atoms with Crippen LogP contribution in [0.1, 0.15) is 19.4 Å². The van der Waals surface area contributed by atoms with Crippen LogP contribution in [0.5, 0.6) is 0 Å². The molecule has 1 aromatic carbocycles. The standard InChI is InChI=1S/C20H26N2O7S/c1-20(2)16(19(25)29-11-13-8-6-5-7-9-13)22-17(24)14(18(22)30(20,26)27)12-28-15(23)10-21(3)4/h5-9,14,16,18H,10-12H2,1-4H3/t14-,16+,18-/m1/s1. The van der Waals surface area contributed by atoms with Gasteiger partial charge in [0.15, 0.2) is 15.2 Å². The Bertz CT molecular complexity index is 943. The molecule has 30 heavy (non-hydrogen) atoms. The topological polar surface area (TPSA) is 110 Å². The predicted molar refractivity (Wildman–Crippen MR) is 107 cm³/mol. The smallest absolute Gasteiger partial charge is 0.330 e. The van der Waals surface area contributed by atoms with Crippen LogP contribution in [-0.2, 0) is 40.3 Å². The van der Waals surface area contributed by atoms with Crippen LogP contribution in [0.25, 0.3) is 0 Å². The first-order chi connectivity index (χ1) is 14.0. The van der Waals surface area contributed by atoms with Crippen LogP contribution in [0, 0.1) is 5.92 Å². The Morgan fingerprint density at radius 3 is 2.37 bits per heavy atom. The first-order valence-electron chi connectivity index (χ1n) is 9.55. The number of hydrogen-bond acceptors (Lipinski definition) is 8. The molecule has 2 fully saturated rings. The zero-order valence-electron chi connectivity index (χ0n) is 17.4. The molecule has 164 valence electrons. The average Bonchev–Trinajstić information content (AvgIpc) is 2.81. The quantitative estimate of drug-likeness (QED) is 0.438. The van der Waals surface area contributed by atoms with Crippen molar-refractivity contribution in [3.8, 4) is 0 Å². The Kier molecular flexibility index (Phi) is 5.92. The molecule has 1 amide bonds. The highest BCUT2D eigenvalue weighted by Gasteiger charge is 2.72. The van der Waals surface area contributed by atoms with Crippen LogP contribution < -0.4 is 0 Å². The third-order valence-corrected chi connectivity index (χ3v) is 8.38. The van der Waals surface area contributed by atoms with Crippen molar-refractivity contribution in [3.05, 3.63) is 35.9 Å². The second kappa shape index (κ2) is 7.99. The van der Waals surface area contributed by atoms with Gasteiger partial charge in [-0.1, -0.05) is 30.3 Å². The highest BCUT2D eigenvalue weighted by molar-refractivity contribution is 7.93. The molecule has 10 heteroatoms. The molecular weight excluding hydrogens is 412 g/mol. The van der Waals surface area contributed by atoms with Gasteiger partial charge in [-0.2, -0.15) is 0 Å². The van der Waals surface area contributed by atoms with Gasteiger partial charge in [-0.05, 0) is 33.5 Å². The van der Waals surface area contributed by atoms with Crippen molar-refractivity contribution in [3.63, 3.8) is 0 Å². The molecule has 0 N–H and O–H groups in total. The molecule has 0 bridgehead atoms. The summed E-state index contributed by atoms with van der Waals surface area (Å²) in [6, 6.07) is 7.72. The highest BCUT2D eigenvalue weighted by Crippen LogP contribution is 2.49. The van der Waals surface area contributed by atoms with Gasteiger partial charge in [0.05, 0.1) is 11.3 Å². The lowest BCUT2D eigenvalue weighted by Crippen LogP contribution is -2.65. The summed E-state index contributed by atoms with van der Waals surface area (Å²) in [6.45, 7) is 2.48. The third kappa shape index (κ3) is 3.69. The highest BCUT2D eigenvalue weighted by atomic mass is 32.2. The van der Waals surface area contributed by atoms with E-state index < -0.39 is 49.8 Å². The zero-order chi connectivity index (χ0) is 22.3. The number of hydrogen-bond donors (Lipinski definition) is 0. The lowest BCUT2D eigenvalue weighted by molar-refractivity contribution is -0.171. The van der Waals surface area contributed by atoms with Crippen molar-refractivity contribution in [2.75, 3.05) is 27.2 Å². The minimum Gasteiger partial charge on any atom is -0.464 e. The van der Waals surface area contributed by atoms with Gasteiger partial charge in [0.2, 0.25) is 5.91 Å². The lowest BCUT2D eigenvalue weighted by atomic mass is 9.92. The van der Waals surface area contributed by atoms with Crippen molar-refractivity contribution < 1.29 is 32.3 Å². The monoisotopic (exact) mass is 438 g/mol. The molecule has 2 saturated heterocycles. The van der Waals surface area contributed by atoms with E-state index in [2.05, 4.69) is 0 Å². The molecule has 0 saturated carbocycles. The van der Waals surface area contributed by atoms with E-state index in [1.807, 2.05) is 6.07 Å². The summed E-state index contributed by atoms with van der Waals surface area (Å²) < 4.78 is 35.1.